The van der Waals surface area contributed by atoms with Gasteiger partial charge in [0, 0.05) is 6.42 Å². The lowest BCUT2D eigenvalue weighted by atomic mass is 10.0. The average molecular weight is 325 g/mol. The lowest BCUT2D eigenvalue weighted by Crippen LogP contribution is -2.29. The van der Waals surface area contributed by atoms with Gasteiger partial charge in [0.15, 0.2) is 0 Å². The number of nitrogens with zero attached hydrogens (tertiary/aromatic N) is 1. The standard InChI is InChI=1S/C18H15NO5/c20-13-7-5-11(6-8-16(21)22)12(9-13)10-19-17(23)14-3-1-2-4-15(14)18(19)24/h1-5,7,9,20H,6,8,10H2,(H,21,22). The second-order valence-electron chi connectivity index (χ2n) is 5.59. The molecule has 0 atom stereocenters. The molecule has 1 aliphatic heterocycles. The molecule has 0 saturated heterocycles. The van der Waals surface area contributed by atoms with E-state index in [2.05, 4.69) is 0 Å². The number of aromatic hydroxyl groups is 1. The molecular weight excluding hydrogens is 310 g/mol. The molecule has 3 rings (SSSR count). The number of carboxylic acid groups (broad SMARTS) is 1. The summed E-state index contributed by atoms with van der Waals surface area (Å²) in [7, 11) is 0. The van der Waals surface area contributed by atoms with E-state index in [4.69, 9.17) is 5.11 Å². The minimum atomic E-state index is -0.935. The number of carbonyl (C=O) groups excluding carboxylic acids is 2. The Balaban J connectivity index is 1.89. The first-order valence-electron chi connectivity index (χ1n) is 7.45. The zero-order valence-electron chi connectivity index (χ0n) is 12.7. The number of phenols is 1. The monoisotopic (exact) mass is 325 g/mol. The highest BCUT2D eigenvalue weighted by atomic mass is 16.4. The third kappa shape index (κ3) is 2.86. The van der Waals surface area contributed by atoms with Crippen LogP contribution in [0.5, 0.6) is 5.75 Å². The third-order valence-corrected chi connectivity index (χ3v) is 4.00. The number of hydrogen-bond acceptors (Lipinski definition) is 4. The first kappa shape index (κ1) is 15.7. The van der Waals surface area contributed by atoms with Gasteiger partial charge >= 0.3 is 5.97 Å². The fourth-order valence-electron chi connectivity index (χ4n) is 2.80. The Morgan fingerprint density at radius 3 is 2.17 bits per heavy atom. The highest BCUT2D eigenvalue weighted by molar-refractivity contribution is 6.21. The van der Waals surface area contributed by atoms with Crippen LogP contribution in [-0.4, -0.2) is 32.9 Å². The maximum atomic E-state index is 12.4. The molecule has 6 heteroatoms. The SMILES string of the molecule is O=C(O)CCc1ccc(O)cc1CN1C(=O)c2ccccc2C1=O. The normalized spacial score (nSPS) is 13.2. The molecule has 1 aliphatic rings. The quantitative estimate of drug-likeness (QED) is 0.822. The summed E-state index contributed by atoms with van der Waals surface area (Å²) < 4.78 is 0. The Morgan fingerprint density at radius 1 is 0.958 bits per heavy atom. The van der Waals surface area contributed by atoms with Crippen LogP contribution < -0.4 is 0 Å². The summed E-state index contributed by atoms with van der Waals surface area (Å²) in [6.07, 6.45) is 0.189. The maximum Gasteiger partial charge on any atom is 0.303 e. The van der Waals surface area contributed by atoms with Crippen molar-refractivity contribution in [3.05, 3.63) is 64.7 Å². The molecule has 0 aromatic heterocycles. The molecule has 0 aliphatic carbocycles. The van der Waals surface area contributed by atoms with Gasteiger partial charge in [-0.1, -0.05) is 18.2 Å². The van der Waals surface area contributed by atoms with Gasteiger partial charge in [-0.3, -0.25) is 19.3 Å². The summed E-state index contributed by atoms with van der Waals surface area (Å²) >= 11 is 0. The van der Waals surface area contributed by atoms with E-state index in [9.17, 15) is 19.5 Å². The van der Waals surface area contributed by atoms with E-state index in [1.54, 1.807) is 30.3 Å². The van der Waals surface area contributed by atoms with Crippen LogP contribution in [0.25, 0.3) is 0 Å². The molecule has 0 spiro atoms. The van der Waals surface area contributed by atoms with Gasteiger partial charge in [0.25, 0.3) is 11.8 Å². The average Bonchev–Trinajstić information content (AvgIpc) is 2.79. The van der Waals surface area contributed by atoms with E-state index in [-0.39, 0.29) is 37.0 Å². The molecule has 0 unspecified atom stereocenters. The Bertz CT molecular complexity index is 808. The van der Waals surface area contributed by atoms with Gasteiger partial charge in [-0.2, -0.15) is 0 Å². The maximum absolute atomic E-state index is 12.4. The molecule has 1 heterocycles. The number of hydrogen-bond donors (Lipinski definition) is 2. The fourth-order valence-corrected chi connectivity index (χ4v) is 2.80. The first-order chi connectivity index (χ1) is 11.5. The third-order valence-electron chi connectivity index (χ3n) is 4.00. The number of fused-ring (bicyclic) bond motifs is 1. The van der Waals surface area contributed by atoms with Crippen molar-refractivity contribution in [2.45, 2.75) is 19.4 Å². The molecule has 0 fully saturated rings. The van der Waals surface area contributed by atoms with Crippen molar-refractivity contribution in [3.63, 3.8) is 0 Å². The molecule has 0 saturated carbocycles. The Kier molecular flexibility index (Phi) is 4.04. The minimum absolute atomic E-state index is 0.000633. The topological polar surface area (TPSA) is 94.9 Å². The molecule has 122 valence electrons. The Labute approximate surface area is 138 Å². The van der Waals surface area contributed by atoms with Gasteiger partial charge in [0.2, 0.25) is 0 Å². The number of aryl methyl sites for hydroxylation is 1. The van der Waals surface area contributed by atoms with Crippen LogP contribution in [0.15, 0.2) is 42.5 Å². The van der Waals surface area contributed by atoms with Gasteiger partial charge < -0.3 is 10.2 Å². The number of amides is 2. The van der Waals surface area contributed by atoms with E-state index in [0.29, 0.717) is 22.3 Å². The lowest BCUT2D eigenvalue weighted by molar-refractivity contribution is -0.136. The van der Waals surface area contributed by atoms with Crippen LogP contribution in [0.3, 0.4) is 0 Å². The predicted molar refractivity (Wildman–Crippen MR) is 84.7 cm³/mol. The molecule has 0 radical (unpaired) electrons. The van der Waals surface area contributed by atoms with Crippen LogP contribution in [0.1, 0.15) is 38.3 Å². The predicted octanol–water partition coefficient (Wildman–Crippen LogP) is 2.21. The Morgan fingerprint density at radius 2 is 1.58 bits per heavy atom. The summed E-state index contributed by atoms with van der Waals surface area (Å²) in [6, 6.07) is 11.1. The number of carboxylic acids is 1. The van der Waals surface area contributed by atoms with Crippen molar-refractivity contribution in [2.75, 3.05) is 0 Å². The first-order valence-corrected chi connectivity index (χ1v) is 7.45. The van der Waals surface area contributed by atoms with Gasteiger partial charge in [-0.15, -0.1) is 0 Å². The molecular formula is C18H15NO5. The van der Waals surface area contributed by atoms with Crippen molar-refractivity contribution < 1.29 is 24.6 Å². The van der Waals surface area contributed by atoms with E-state index in [1.807, 2.05) is 0 Å². The molecule has 24 heavy (non-hydrogen) atoms. The molecule has 2 amide bonds. The molecule has 2 aromatic rings. The summed E-state index contributed by atoms with van der Waals surface area (Å²) in [5.41, 5.74) is 1.96. The fraction of sp³-hybridized carbons (Fsp3) is 0.167. The van der Waals surface area contributed by atoms with E-state index in [1.165, 1.54) is 12.1 Å². The number of aliphatic carboxylic acids is 1. The number of benzene rings is 2. The highest BCUT2D eigenvalue weighted by Gasteiger charge is 2.35. The van der Waals surface area contributed by atoms with Gasteiger partial charge in [-0.25, -0.2) is 0 Å². The molecule has 2 aromatic carbocycles. The van der Waals surface area contributed by atoms with E-state index >= 15 is 0 Å². The smallest absolute Gasteiger partial charge is 0.303 e. The zero-order chi connectivity index (χ0) is 17.3. The van der Waals surface area contributed by atoms with Crippen molar-refractivity contribution in [1.29, 1.82) is 0 Å². The molecule has 0 bridgehead atoms. The van der Waals surface area contributed by atoms with Crippen LogP contribution in [0.4, 0.5) is 0 Å². The number of imide groups is 1. The van der Waals surface area contributed by atoms with Gasteiger partial charge in [0.05, 0.1) is 17.7 Å². The summed E-state index contributed by atoms with van der Waals surface area (Å²) in [5.74, 6) is -1.71. The van der Waals surface area contributed by atoms with Crippen molar-refractivity contribution in [1.82, 2.24) is 4.90 Å². The van der Waals surface area contributed by atoms with Crippen LogP contribution >= 0.6 is 0 Å². The van der Waals surface area contributed by atoms with Crippen molar-refractivity contribution in [3.8, 4) is 5.75 Å². The molecule has 2 N–H and O–H groups in total. The van der Waals surface area contributed by atoms with Crippen LogP contribution in [0, 0.1) is 0 Å². The Hall–Kier alpha value is -3.15. The minimum Gasteiger partial charge on any atom is -0.508 e. The van der Waals surface area contributed by atoms with Crippen molar-refractivity contribution >= 4 is 17.8 Å². The number of carbonyl (C=O) groups is 3. The zero-order valence-corrected chi connectivity index (χ0v) is 12.7. The summed E-state index contributed by atoms with van der Waals surface area (Å²) in [6.45, 7) is -0.00427. The van der Waals surface area contributed by atoms with Gasteiger partial charge in [-0.05, 0) is 41.8 Å². The highest BCUT2D eigenvalue weighted by Crippen LogP contribution is 2.27. The molecule has 6 nitrogen and oxygen atoms in total. The van der Waals surface area contributed by atoms with Crippen molar-refractivity contribution in [2.24, 2.45) is 0 Å². The van der Waals surface area contributed by atoms with Gasteiger partial charge in [0.1, 0.15) is 5.75 Å². The lowest BCUT2D eigenvalue weighted by Gasteiger charge is -2.17. The largest absolute Gasteiger partial charge is 0.508 e. The summed E-state index contributed by atoms with van der Waals surface area (Å²) in [4.78, 5) is 36.7. The van der Waals surface area contributed by atoms with Crippen LogP contribution in [0.2, 0.25) is 0 Å². The number of phenolic OH excluding ortho intramolecular Hbond substituents is 1. The number of rotatable bonds is 5. The second kappa shape index (κ2) is 6.16. The van der Waals surface area contributed by atoms with Crippen LogP contribution in [-0.2, 0) is 17.8 Å². The van der Waals surface area contributed by atoms with E-state index < -0.39 is 5.97 Å². The van der Waals surface area contributed by atoms with E-state index in [0.717, 1.165) is 4.90 Å². The second-order valence-corrected chi connectivity index (χ2v) is 5.59. The summed E-state index contributed by atoms with van der Waals surface area (Å²) in [5, 5.41) is 18.5.